The minimum atomic E-state index is -0.769. The molecule has 4 aliphatic rings. The van der Waals surface area contributed by atoms with Crippen molar-refractivity contribution in [3.8, 4) is 0 Å². The van der Waals surface area contributed by atoms with Gasteiger partial charge >= 0.3 is 7.12 Å². The number of ketones is 1. The van der Waals surface area contributed by atoms with E-state index in [0.29, 0.717) is 36.7 Å². The van der Waals surface area contributed by atoms with Crippen LogP contribution in [0.3, 0.4) is 0 Å². The normalized spacial score (nSPS) is 25.6. The van der Waals surface area contributed by atoms with Crippen LogP contribution in [0.15, 0.2) is 29.3 Å². The van der Waals surface area contributed by atoms with Crippen LogP contribution in [0.1, 0.15) is 128 Å². The zero-order chi connectivity index (χ0) is 35.1. The Bertz CT molecular complexity index is 1290. The number of Topliss-reactive ketones (excluding diaryl/α,β-unsaturated/α-hetero) is 1. The average Bonchev–Trinajstić information content (AvgIpc) is 3.39. The van der Waals surface area contributed by atoms with Crippen molar-refractivity contribution in [2.45, 2.75) is 136 Å². The summed E-state index contributed by atoms with van der Waals surface area (Å²) in [5.41, 5.74) is 9.02. The zero-order valence-electron chi connectivity index (χ0n) is 30.0. The van der Waals surface area contributed by atoms with Crippen molar-refractivity contribution in [1.29, 1.82) is 0 Å². The number of unbranched alkanes of at least 4 members (excludes halogenated alkanes) is 4. The number of nitro groups is 1. The van der Waals surface area contributed by atoms with Gasteiger partial charge in [0.2, 0.25) is 5.91 Å². The Balaban J connectivity index is 1.43. The van der Waals surface area contributed by atoms with Crippen molar-refractivity contribution in [3.63, 3.8) is 0 Å². The summed E-state index contributed by atoms with van der Waals surface area (Å²) in [6.07, 6.45) is 10.6. The van der Waals surface area contributed by atoms with Crippen molar-refractivity contribution in [2.24, 2.45) is 39.8 Å². The number of aryl methyl sites for hydroxylation is 1. The Morgan fingerprint density at radius 1 is 1.10 bits per heavy atom. The molecular formula is C36H58BN5O6. The molecule has 2 bridgehead atoms. The molecule has 6 atom stereocenters. The molecule has 3 saturated carbocycles. The van der Waals surface area contributed by atoms with Gasteiger partial charge in [-0.3, -0.25) is 9.59 Å². The molecule has 1 aromatic rings. The highest BCUT2D eigenvalue weighted by atomic mass is 16.7. The Kier molecular flexibility index (Phi) is 13.1. The number of benzene rings is 1. The van der Waals surface area contributed by atoms with E-state index in [4.69, 9.17) is 15.0 Å². The van der Waals surface area contributed by atoms with E-state index in [2.05, 4.69) is 51.9 Å². The molecule has 0 radical (unpaired) electrons. The Labute approximate surface area is 287 Å². The van der Waals surface area contributed by atoms with Crippen molar-refractivity contribution >= 4 is 24.8 Å². The molecule has 12 heteroatoms. The molecule has 1 saturated heterocycles. The van der Waals surface area contributed by atoms with E-state index in [1.165, 1.54) is 31.2 Å². The largest absolute Gasteiger partial charge is 0.481 e. The van der Waals surface area contributed by atoms with Crippen LogP contribution >= 0.6 is 0 Å². The van der Waals surface area contributed by atoms with Crippen molar-refractivity contribution in [2.75, 3.05) is 6.54 Å². The maximum atomic E-state index is 14.0. The Hall–Kier alpha value is -2.99. The molecule has 0 spiro atoms. The lowest BCUT2D eigenvalue weighted by Gasteiger charge is -2.64. The third-order valence-corrected chi connectivity index (χ3v) is 11.2. The highest BCUT2D eigenvalue weighted by Gasteiger charge is 2.68. The number of aliphatic imine (C=N–C) groups is 1. The fourth-order valence-corrected chi connectivity index (χ4v) is 8.24. The van der Waals surface area contributed by atoms with E-state index in [1.807, 2.05) is 29.7 Å². The monoisotopic (exact) mass is 667 g/mol. The van der Waals surface area contributed by atoms with Crippen molar-refractivity contribution in [3.05, 3.63) is 45.5 Å². The van der Waals surface area contributed by atoms with Crippen LogP contribution in [0, 0.1) is 39.2 Å². The van der Waals surface area contributed by atoms with Gasteiger partial charge in [-0.2, -0.15) is 0 Å². The van der Waals surface area contributed by atoms with Gasteiger partial charge in [-0.05, 0) is 80.6 Å². The van der Waals surface area contributed by atoms with Gasteiger partial charge in [0.1, 0.15) is 0 Å². The summed E-state index contributed by atoms with van der Waals surface area (Å²) < 4.78 is 13.3. The first-order chi connectivity index (χ1) is 22.7. The van der Waals surface area contributed by atoms with E-state index in [0.717, 1.165) is 25.7 Å². The van der Waals surface area contributed by atoms with Crippen LogP contribution in [-0.2, 0) is 20.5 Å². The summed E-state index contributed by atoms with van der Waals surface area (Å²) in [7, 11) is -0.565. The second-order valence-corrected chi connectivity index (χ2v) is 15.5. The van der Waals surface area contributed by atoms with E-state index in [9.17, 15) is 19.7 Å². The van der Waals surface area contributed by atoms with Gasteiger partial charge in [0.15, 0.2) is 10.8 Å². The summed E-state index contributed by atoms with van der Waals surface area (Å²) in [5.74, 6) is -0.320. The molecule has 1 heterocycles. The lowest BCUT2D eigenvalue weighted by Crippen LogP contribution is -2.65. The van der Waals surface area contributed by atoms with Crippen LogP contribution in [-0.4, -0.2) is 54.0 Å². The van der Waals surface area contributed by atoms with Gasteiger partial charge in [-0.15, -0.1) is 0 Å². The van der Waals surface area contributed by atoms with Gasteiger partial charge in [-0.25, -0.2) is 15.1 Å². The van der Waals surface area contributed by atoms with Crippen LogP contribution in [0.5, 0.6) is 0 Å². The number of carbonyl (C=O) groups is 2. The summed E-state index contributed by atoms with van der Waals surface area (Å²) in [6.45, 7) is 13.4. The van der Waals surface area contributed by atoms with Gasteiger partial charge in [0.25, 0.3) is 5.96 Å². The summed E-state index contributed by atoms with van der Waals surface area (Å²) in [6, 6.07) is 7.76. The average molecular weight is 668 g/mol. The van der Waals surface area contributed by atoms with Gasteiger partial charge in [0, 0.05) is 24.4 Å². The molecule has 11 nitrogen and oxygen atoms in total. The number of amides is 1. The number of guanidine groups is 1. The molecule has 3 aliphatic carbocycles. The minimum Gasteiger partial charge on any atom is -0.404 e. The van der Waals surface area contributed by atoms with Crippen LogP contribution in [0.2, 0.25) is 0 Å². The number of nitrogens with zero attached hydrogens (tertiary/aromatic N) is 2. The number of hydrazine groups is 1. The fourth-order valence-electron chi connectivity index (χ4n) is 8.24. The smallest absolute Gasteiger partial charge is 0.404 e. The SMILES string of the molecule is CCCCCCCc1ccc(C(=O)C[C@@H](CCCN=C(N)N[N+](=O)[O-])C(=O)N[C@@H](CC(C)C)B2O[C@@H]3C[C@H]4C[C@H](C4(C)C)[C@]3(C)O2)cc1. The standard InChI is InChI=1S/C36H58BN5O6/c1-7-8-9-10-11-13-25-15-17-26(18-16-25)29(43)21-27(14-12-19-39-34(38)41-42(45)46)33(44)40-32(20-24(2)3)37-47-31-23-28-22-30(35(28,4)5)36(31,6)48-37/h15-18,24,27-28,30-32H,7-14,19-23H2,1-6H3,(H,40,44)(H3,38,39,41)/t27-,28-,30-,31-,32+,36+/m1/s1. The number of carbonyl (C=O) groups excluding carboxylic acids is 2. The number of rotatable bonds is 19. The molecule has 1 aliphatic heterocycles. The number of nitrogens with two attached hydrogens (primary N) is 1. The van der Waals surface area contributed by atoms with Gasteiger partial charge in [-0.1, -0.05) is 90.0 Å². The molecule has 1 amide bonds. The highest BCUT2D eigenvalue weighted by molar-refractivity contribution is 6.47. The van der Waals surface area contributed by atoms with Crippen LogP contribution in [0.25, 0.3) is 0 Å². The first kappa shape index (κ1) is 37.8. The second-order valence-electron chi connectivity index (χ2n) is 15.5. The first-order valence-corrected chi connectivity index (χ1v) is 18.2. The quantitative estimate of drug-likeness (QED) is 0.0305. The van der Waals surface area contributed by atoms with Crippen molar-refractivity contribution < 1.29 is 23.9 Å². The van der Waals surface area contributed by atoms with E-state index in [-0.39, 0.29) is 54.0 Å². The molecule has 266 valence electrons. The van der Waals surface area contributed by atoms with E-state index < -0.39 is 23.7 Å². The molecule has 0 aromatic heterocycles. The highest BCUT2D eigenvalue weighted by Crippen LogP contribution is 2.65. The molecule has 4 fully saturated rings. The third-order valence-electron chi connectivity index (χ3n) is 11.2. The maximum absolute atomic E-state index is 14.0. The number of hydrogen-bond acceptors (Lipinski definition) is 7. The van der Waals surface area contributed by atoms with Crippen molar-refractivity contribution in [1.82, 2.24) is 10.7 Å². The lowest BCUT2D eigenvalue weighted by molar-refractivity contribution is -0.525. The number of hydrogen-bond donors (Lipinski definition) is 3. The molecule has 0 unspecified atom stereocenters. The summed E-state index contributed by atoms with van der Waals surface area (Å²) >= 11 is 0. The molecular weight excluding hydrogens is 609 g/mol. The maximum Gasteiger partial charge on any atom is 0.481 e. The molecule has 1 aromatic carbocycles. The third kappa shape index (κ3) is 9.37. The molecule has 48 heavy (non-hydrogen) atoms. The molecule has 4 N–H and O–H groups in total. The zero-order valence-corrected chi connectivity index (χ0v) is 30.0. The molecule has 5 rings (SSSR count). The number of nitrogens with one attached hydrogen (secondary N) is 2. The van der Waals surface area contributed by atoms with Crippen LogP contribution in [0.4, 0.5) is 0 Å². The predicted molar refractivity (Wildman–Crippen MR) is 189 cm³/mol. The fraction of sp³-hybridized carbons (Fsp3) is 0.750. The van der Waals surface area contributed by atoms with E-state index in [1.54, 1.807) is 0 Å². The summed E-state index contributed by atoms with van der Waals surface area (Å²) in [4.78, 5) is 42.2. The summed E-state index contributed by atoms with van der Waals surface area (Å²) in [5, 5.41) is 13.1. The topological polar surface area (TPSA) is 158 Å². The van der Waals surface area contributed by atoms with Crippen LogP contribution < -0.4 is 16.5 Å². The predicted octanol–water partition coefficient (Wildman–Crippen LogP) is 6.06. The Morgan fingerprint density at radius 3 is 2.46 bits per heavy atom. The lowest BCUT2D eigenvalue weighted by atomic mass is 9.43. The minimum absolute atomic E-state index is 0.00128. The Morgan fingerprint density at radius 2 is 1.81 bits per heavy atom. The van der Waals surface area contributed by atoms with E-state index >= 15 is 0 Å². The van der Waals surface area contributed by atoms with Gasteiger partial charge < -0.3 is 20.4 Å². The second kappa shape index (κ2) is 16.6. The van der Waals surface area contributed by atoms with Gasteiger partial charge in [0.05, 0.1) is 17.6 Å². The first-order valence-electron chi connectivity index (χ1n) is 18.2.